The first-order valence-corrected chi connectivity index (χ1v) is 7.81. The number of carbonyl (C=O) groups excluding carboxylic acids is 2. The van der Waals surface area contributed by atoms with Gasteiger partial charge in [0.1, 0.15) is 0 Å². The molecule has 2 aliphatic carbocycles. The Morgan fingerprint density at radius 2 is 1.62 bits per heavy atom. The molecule has 0 unspecified atom stereocenters. The van der Waals surface area contributed by atoms with Gasteiger partial charge in [-0.05, 0) is 30.4 Å². The highest BCUT2D eigenvalue weighted by Gasteiger charge is 2.59. The number of hydrogen-bond acceptors (Lipinski definition) is 3. The van der Waals surface area contributed by atoms with Crippen LogP contribution in [0.4, 0.5) is 18.9 Å². The van der Waals surface area contributed by atoms with Crippen molar-refractivity contribution in [2.24, 2.45) is 23.7 Å². The van der Waals surface area contributed by atoms with Gasteiger partial charge >= 0.3 is 6.18 Å². The van der Waals surface area contributed by atoms with Gasteiger partial charge in [0.2, 0.25) is 11.8 Å². The maximum Gasteiger partial charge on any atom is 0.418 e. The molecule has 0 spiro atoms. The van der Waals surface area contributed by atoms with Gasteiger partial charge in [-0.15, -0.1) is 0 Å². The topological polar surface area (TPSA) is 49.4 Å². The molecule has 0 radical (unpaired) electrons. The van der Waals surface area contributed by atoms with E-state index in [1.807, 2.05) is 12.2 Å². The van der Waals surface area contributed by atoms with Crippen molar-refractivity contribution >= 4 is 17.5 Å². The zero-order chi connectivity index (χ0) is 17.1. The number of hydrogen-bond donors (Lipinski definition) is 1. The summed E-state index contributed by atoms with van der Waals surface area (Å²) in [7, 11) is 0. The number of amides is 2. The minimum absolute atomic E-state index is 0.0870. The number of halogens is 3. The number of para-hydroxylation sites is 1. The van der Waals surface area contributed by atoms with Crippen LogP contribution in [-0.4, -0.2) is 23.4 Å². The number of carbonyl (C=O) groups is 2. The van der Waals surface area contributed by atoms with Crippen molar-refractivity contribution in [1.29, 1.82) is 0 Å². The Morgan fingerprint density at radius 3 is 2.21 bits per heavy atom. The van der Waals surface area contributed by atoms with Gasteiger partial charge in [0, 0.05) is 5.69 Å². The summed E-state index contributed by atoms with van der Waals surface area (Å²) in [4.78, 5) is 26.1. The molecule has 1 aromatic carbocycles. The third kappa shape index (κ3) is 2.14. The average Bonchev–Trinajstić information content (AvgIpc) is 3.20. The first kappa shape index (κ1) is 15.2. The van der Waals surface area contributed by atoms with Crippen molar-refractivity contribution in [3.8, 4) is 0 Å². The fourth-order valence-electron chi connectivity index (χ4n) is 4.17. The summed E-state index contributed by atoms with van der Waals surface area (Å²) in [5.41, 5.74) is -0.949. The fourth-order valence-corrected chi connectivity index (χ4v) is 4.17. The average molecular weight is 336 g/mol. The van der Waals surface area contributed by atoms with Gasteiger partial charge in [-0.25, -0.2) is 0 Å². The number of rotatable bonds is 3. The number of imide groups is 1. The summed E-state index contributed by atoms with van der Waals surface area (Å²) in [5, 5.41) is 2.61. The summed E-state index contributed by atoms with van der Waals surface area (Å²) in [6.07, 6.45) is 0.285. The number of benzene rings is 1. The van der Waals surface area contributed by atoms with Gasteiger partial charge in [0.15, 0.2) is 0 Å². The van der Waals surface area contributed by atoms with Crippen molar-refractivity contribution in [1.82, 2.24) is 4.90 Å². The first-order chi connectivity index (χ1) is 11.4. The lowest BCUT2D eigenvalue weighted by atomic mass is 9.85. The molecule has 1 saturated carbocycles. The molecule has 1 saturated heterocycles. The second-order valence-electron chi connectivity index (χ2n) is 6.48. The Bertz CT molecular complexity index is 714. The molecule has 2 amide bonds. The second-order valence-corrected chi connectivity index (χ2v) is 6.48. The van der Waals surface area contributed by atoms with E-state index in [9.17, 15) is 22.8 Å². The van der Waals surface area contributed by atoms with E-state index < -0.39 is 11.7 Å². The van der Waals surface area contributed by atoms with Crippen molar-refractivity contribution in [2.75, 3.05) is 12.0 Å². The van der Waals surface area contributed by atoms with Gasteiger partial charge in [-0.2, -0.15) is 13.2 Å². The van der Waals surface area contributed by atoms with Crippen molar-refractivity contribution < 1.29 is 22.8 Å². The monoisotopic (exact) mass is 336 g/mol. The summed E-state index contributed by atoms with van der Waals surface area (Å²) in [5.74, 6) is -1.06. The van der Waals surface area contributed by atoms with Crippen LogP contribution in [-0.2, 0) is 15.8 Å². The van der Waals surface area contributed by atoms with E-state index in [4.69, 9.17) is 0 Å². The highest BCUT2D eigenvalue weighted by molar-refractivity contribution is 6.06. The van der Waals surface area contributed by atoms with Crippen LogP contribution in [0.15, 0.2) is 36.4 Å². The third-order valence-electron chi connectivity index (χ3n) is 5.22. The van der Waals surface area contributed by atoms with E-state index in [0.29, 0.717) is 0 Å². The maximum atomic E-state index is 13.0. The van der Waals surface area contributed by atoms with Crippen LogP contribution in [0.1, 0.15) is 12.0 Å². The van der Waals surface area contributed by atoms with Crippen LogP contribution >= 0.6 is 0 Å². The minimum Gasteiger partial charge on any atom is -0.367 e. The number of alkyl halides is 3. The molecular weight excluding hydrogens is 321 g/mol. The van der Waals surface area contributed by atoms with Gasteiger partial charge in [0.25, 0.3) is 0 Å². The number of fused-ring (bicyclic) bond motifs is 5. The fraction of sp³-hybridized carbons (Fsp3) is 0.412. The molecule has 1 aliphatic heterocycles. The van der Waals surface area contributed by atoms with E-state index in [1.165, 1.54) is 18.2 Å². The number of nitrogens with zero attached hydrogens (tertiary/aromatic N) is 1. The van der Waals surface area contributed by atoms with Gasteiger partial charge in [-0.1, -0.05) is 24.3 Å². The van der Waals surface area contributed by atoms with E-state index >= 15 is 0 Å². The molecule has 1 N–H and O–H groups in total. The van der Waals surface area contributed by atoms with E-state index in [0.717, 1.165) is 17.4 Å². The zero-order valence-corrected chi connectivity index (χ0v) is 12.6. The Hall–Kier alpha value is -2.31. The number of nitrogens with one attached hydrogen (secondary N) is 1. The van der Waals surface area contributed by atoms with Crippen LogP contribution in [0.2, 0.25) is 0 Å². The Kier molecular flexibility index (Phi) is 3.23. The number of allylic oxidation sites excluding steroid dienone is 2. The smallest absolute Gasteiger partial charge is 0.367 e. The van der Waals surface area contributed by atoms with Crippen molar-refractivity contribution in [2.45, 2.75) is 12.6 Å². The summed E-state index contributed by atoms with van der Waals surface area (Å²) >= 11 is 0. The summed E-state index contributed by atoms with van der Waals surface area (Å²) in [6, 6.07) is 5.03. The SMILES string of the molecule is O=C1[C@@H]2[C@@H](C(=O)N1CNc1ccccc1C(F)(F)F)[C@H]1C=C[C@H]2C1. The predicted molar refractivity (Wildman–Crippen MR) is 79.5 cm³/mol. The molecule has 2 bridgehead atoms. The van der Waals surface area contributed by atoms with Crippen molar-refractivity contribution in [3.63, 3.8) is 0 Å². The maximum absolute atomic E-state index is 13.0. The summed E-state index contributed by atoms with van der Waals surface area (Å²) in [6.45, 7) is -0.239. The second kappa shape index (κ2) is 5.09. The normalized spacial score (nSPS) is 31.0. The van der Waals surface area contributed by atoms with Crippen LogP contribution in [0.25, 0.3) is 0 Å². The van der Waals surface area contributed by atoms with Gasteiger partial charge in [0.05, 0.1) is 24.1 Å². The molecule has 4 rings (SSSR count). The zero-order valence-electron chi connectivity index (χ0n) is 12.6. The van der Waals surface area contributed by atoms with E-state index in [-0.39, 0.29) is 47.8 Å². The van der Waals surface area contributed by atoms with E-state index in [1.54, 1.807) is 0 Å². The standard InChI is InChI=1S/C17H15F3N2O2/c18-17(19,20)11-3-1-2-4-12(11)21-8-22-15(23)13-9-5-6-10(7-9)14(13)16(22)24/h1-6,9-10,13-14,21H,7-8H2/t9-,10-,13-,14-/m0/s1. The quantitative estimate of drug-likeness (QED) is 0.682. The van der Waals surface area contributed by atoms with Gasteiger partial charge < -0.3 is 5.32 Å². The van der Waals surface area contributed by atoms with Crippen LogP contribution < -0.4 is 5.32 Å². The molecule has 24 heavy (non-hydrogen) atoms. The Balaban J connectivity index is 1.52. The van der Waals surface area contributed by atoms with Crippen LogP contribution in [0.5, 0.6) is 0 Å². The molecule has 1 aromatic rings. The highest BCUT2D eigenvalue weighted by atomic mass is 19.4. The van der Waals surface area contributed by atoms with E-state index in [2.05, 4.69) is 5.32 Å². The molecular formula is C17H15F3N2O2. The third-order valence-corrected chi connectivity index (χ3v) is 5.22. The Morgan fingerprint density at radius 1 is 1.04 bits per heavy atom. The van der Waals surface area contributed by atoms with Crippen LogP contribution in [0.3, 0.4) is 0 Å². The molecule has 7 heteroatoms. The molecule has 4 atom stereocenters. The van der Waals surface area contributed by atoms with Crippen molar-refractivity contribution in [3.05, 3.63) is 42.0 Å². The lowest BCUT2D eigenvalue weighted by Crippen LogP contribution is -2.37. The van der Waals surface area contributed by atoms with Gasteiger partial charge in [-0.3, -0.25) is 14.5 Å². The molecule has 3 aliphatic rings. The molecule has 0 aromatic heterocycles. The lowest BCUT2D eigenvalue weighted by Gasteiger charge is -2.20. The summed E-state index contributed by atoms with van der Waals surface area (Å²) < 4.78 is 39.0. The predicted octanol–water partition coefficient (Wildman–Crippen LogP) is 2.88. The highest BCUT2D eigenvalue weighted by Crippen LogP contribution is 2.52. The Labute approximate surface area is 136 Å². The lowest BCUT2D eigenvalue weighted by molar-refractivity contribution is -0.140. The largest absolute Gasteiger partial charge is 0.418 e. The number of anilines is 1. The molecule has 2 fully saturated rings. The minimum atomic E-state index is -4.50. The van der Waals surface area contributed by atoms with Crippen LogP contribution in [0, 0.1) is 23.7 Å². The molecule has 1 heterocycles. The number of likely N-dealkylation sites (tertiary alicyclic amines) is 1. The first-order valence-electron chi connectivity index (χ1n) is 7.81. The molecule has 4 nitrogen and oxygen atoms in total. The molecule has 126 valence electrons.